The number of methoxy groups -OCH3 is 8. The normalized spacial score (nSPS) is 17.2. The molecule has 0 radical (unpaired) electrons. The van der Waals surface area contributed by atoms with Crippen LogP contribution in [0.1, 0.15) is 40.4 Å². The van der Waals surface area contributed by atoms with Gasteiger partial charge in [0.2, 0.25) is 11.5 Å². The Labute approximate surface area is 285 Å². The quantitative estimate of drug-likeness (QED) is 0.241. The largest absolute Gasteiger partial charge is 0.496 e. The number of hydrogen-bond acceptors (Lipinski definition) is 12. The lowest BCUT2D eigenvalue weighted by Crippen LogP contribution is -2.42. The molecule has 1 amide bonds. The van der Waals surface area contributed by atoms with Crippen molar-refractivity contribution in [2.75, 3.05) is 70.0 Å². The number of nitrogens with zero attached hydrogens (tertiary/aromatic N) is 1. The summed E-state index contributed by atoms with van der Waals surface area (Å²) in [4.78, 5) is 29.0. The second-order valence-corrected chi connectivity index (χ2v) is 11.5. The van der Waals surface area contributed by atoms with Crippen molar-refractivity contribution in [1.82, 2.24) is 4.90 Å². The van der Waals surface area contributed by atoms with E-state index < -0.39 is 18.1 Å². The summed E-state index contributed by atoms with van der Waals surface area (Å²) in [6.07, 6.45) is -0.301. The molecule has 3 aromatic carbocycles. The molecule has 0 aliphatic carbocycles. The van der Waals surface area contributed by atoms with E-state index in [-0.39, 0.29) is 11.9 Å². The Morgan fingerprint density at radius 2 is 1.18 bits per heavy atom. The first kappa shape index (κ1) is 35.1. The van der Waals surface area contributed by atoms with Gasteiger partial charge in [-0.3, -0.25) is 9.59 Å². The van der Waals surface area contributed by atoms with Crippen LogP contribution in [0.25, 0.3) is 0 Å². The molecule has 0 unspecified atom stereocenters. The van der Waals surface area contributed by atoms with Gasteiger partial charge in [-0.2, -0.15) is 0 Å². The van der Waals surface area contributed by atoms with Gasteiger partial charge in [-0.05, 0) is 37.1 Å². The van der Waals surface area contributed by atoms with Crippen molar-refractivity contribution in [2.45, 2.75) is 31.5 Å². The zero-order valence-corrected chi connectivity index (χ0v) is 29.1. The van der Waals surface area contributed by atoms with Gasteiger partial charge in [0.25, 0.3) is 5.91 Å². The van der Waals surface area contributed by atoms with Gasteiger partial charge in [0.1, 0.15) is 23.4 Å². The van der Waals surface area contributed by atoms with Crippen LogP contribution in [0.4, 0.5) is 0 Å². The number of rotatable bonds is 12. The van der Waals surface area contributed by atoms with Gasteiger partial charge < -0.3 is 52.3 Å². The molecule has 0 saturated carbocycles. The number of esters is 1. The van der Waals surface area contributed by atoms with E-state index in [1.54, 1.807) is 55.5 Å². The Morgan fingerprint density at radius 1 is 0.653 bits per heavy atom. The van der Waals surface area contributed by atoms with E-state index >= 15 is 0 Å². The summed E-state index contributed by atoms with van der Waals surface area (Å²) >= 11 is 0. The van der Waals surface area contributed by atoms with Crippen LogP contribution < -0.4 is 42.6 Å². The van der Waals surface area contributed by atoms with Crippen LogP contribution >= 0.6 is 0 Å². The Balaban J connectivity index is 1.37. The number of likely N-dealkylation sites (tertiary alicyclic amines) is 1. The summed E-state index contributed by atoms with van der Waals surface area (Å²) in [5, 5.41) is 0. The molecule has 264 valence electrons. The summed E-state index contributed by atoms with van der Waals surface area (Å²) in [7, 11) is 12.2. The van der Waals surface area contributed by atoms with E-state index in [0.29, 0.717) is 95.2 Å². The lowest BCUT2D eigenvalue weighted by atomic mass is 9.92. The third-order valence-electron chi connectivity index (χ3n) is 8.90. The monoisotopic (exact) mass is 681 g/mol. The molecule has 2 aliphatic heterocycles. The minimum Gasteiger partial charge on any atom is -0.496 e. The predicted molar refractivity (Wildman–Crippen MR) is 177 cm³/mol. The molecule has 0 spiro atoms. The summed E-state index contributed by atoms with van der Waals surface area (Å²) in [6, 6.07) is 10.4. The molecular formula is C36H43NO12. The number of hydrogen-bond donors (Lipinski definition) is 0. The number of fused-ring (bicyclic) bond motifs is 1. The van der Waals surface area contributed by atoms with Crippen LogP contribution in [0.3, 0.4) is 0 Å². The molecule has 1 saturated heterocycles. The molecule has 2 heterocycles. The predicted octanol–water partition coefficient (Wildman–Crippen LogP) is 4.90. The zero-order chi connectivity index (χ0) is 35.2. The van der Waals surface area contributed by atoms with Crippen molar-refractivity contribution in [3.05, 3.63) is 53.1 Å². The van der Waals surface area contributed by atoms with Crippen molar-refractivity contribution in [1.29, 1.82) is 0 Å². The maximum absolute atomic E-state index is 13.8. The molecule has 2 atom stereocenters. The highest BCUT2D eigenvalue weighted by atomic mass is 16.6. The summed E-state index contributed by atoms with van der Waals surface area (Å²) < 4.78 is 56.9. The summed E-state index contributed by atoms with van der Waals surface area (Å²) in [5.74, 6) is 3.12. The van der Waals surface area contributed by atoms with Gasteiger partial charge in [-0.15, -0.1) is 0 Å². The molecule has 0 aromatic heterocycles. The fourth-order valence-electron chi connectivity index (χ4n) is 6.33. The van der Waals surface area contributed by atoms with Crippen LogP contribution in [-0.4, -0.2) is 92.8 Å². The molecule has 3 aromatic rings. The van der Waals surface area contributed by atoms with Gasteiger partial charge in [-0.1, -0.05) is 0 Å². The minimum absolute atomic E-state index is 0.201. The SMILES string of the molecule is COc1cc(OC)c2c(c1)O[C@H](c1cc(OC)c(OC)c(OC)c1)[C@H](OC(=O)C1CCN(C(=O)c3cc(OC)c(OC)c(OC)c3)CC1)C2. The molecule has 13 nitrogen and oxygen atoms in total. The topological polar surface area (TPSA) is 130 Å². The third kappa shape index (κ3) is 7.01. The van der Waals surface area contributed by atoms with Gasteiger partial charge in [0.05, 0.1) is 62.8 Å². The molecular weight excluding hydrogens is 638 g/mol. The molecule has 0 bridgehead atoms. The molecule has 5 rings (SSSR count). The zero-order valence-electron chi connectivity index (χ0n) is 29.1. The first-order chi connectivity index (χ1) is 23.7. The number of amides is 1. The van der Waals surface area contributed by atoms with E-state index in [1.807, 2.05) is 0 Å². The fraction of sp³-hybridized carbons (Fsp3) is 0.444. The first-order valence-electron chi connectivity index (χ1n) is 15.7. The van der Waals surface area contributed by atoms with Crippen molar-refractivity contribution in [3.63, 3.8) is 0 Å². The van der Waals surface area contributed by atoms with Crippen LogP contribution in [0, 0.1) is 5.92 Å². The van der Waals surface area contributed by atoms with E-state index in [2.05, 4.69) is 0 Å². The van der Waals surface area contributed by atoms with Crippen LogP contribution in [0.2, 0.25) is 0 Å². The van der Waals surface area contributed by atoms with Crippen LogP contribution in [0.5, 0.6) is 51.7 Å². The average molecular weight is 682 g/mol. The highest BCUT2D eigenvalue weighted by Crippen LogP contribution is 2.47. The summed E-state index contributed by atoms with van der Waals surface area (Å²) in [6.45, 7) is 0.729. The van der Waals surface area contributed by atoms with Gasteiger partial charge in [-0.25, -0.2) is 0 Å². The van der Waals surface area contributed by atoms with Crippen molar-refractivity contribution in [2.24, 2.45) is 5.92 Å². The van der Waals surface area contributed by atoms with E-state index in [4.69, 9.17) is 47.4 Å². The van der Waals surface area contributed by atoms with Crippen LogP contribution in [-0.2, 0) is 16.0 Å². The molecule has 1 fully saturated rings. The number of ether oxygens (including phenoxy) is 10. The van der Waals surface area contributed by atoms with E-state index in [9.17, 15) is 9.59 Å². The fourth-order valence-corrected chi connectivity index (χ4v) is 6.33. The lowest BCUT2D eigenvalue weighted by Gasteiger charge is -2.36. The third-order valence-corrected chi connectivity index (χ3v) is 8.90. The summed E-state index contributed by atoms with van der Waals surface area (Å²) in [5.41, 5.74) is 1.80. The number of benzene rings is 3. The highest BCUT2D eigenvalue weighted by molar-refractivity contribution is 5.96. The maximum atomic E-state index is 13.8. The highest BCUT2D eigenvalue weighted by Gasteiger charge is 2.39. The maximum Gasteiger partial charge on any atom is 0.309 e. The Kier molecular flexibility index (Phi) is 11.0. The molecule has 49 heavy (non-hydrogen) atoms. The van der Waals surface area contributed by atoms with Gasteiger partial charge >= 0.3 is 5.97 Å². The average Bonchev–Trinajstić information content (AvgIpc) is 3.15. The van der Waals surface area contributed by atoms with Crippen molar-refractivity contribution < 1.29 is 57.0 Å². The van der Waals surface area contributed by atoms with E-state index in [1.165, 1.54) is 42.7 Å². The Morgan fingerprint density at radius 3 is 1.67 bits per heavy atom. The molecule has 13 heteroatoms. The molecule has 0 N–H and O–H groups in total. The smallest absolute Gasteiger partial charge is 0.309 e. The Hall–Kier alpha value is -5.20. The molecule has 2 aliphatic rings. The van der Waals surface area contributed by atoms with Gasteiger partial charge in [0, 0.05) is 48.3 Å². The standard InChI is InChI=1S/C36H43NO12/c1-40-23-17-25(41-2)24-19-31(32(48-26(24)18-23)21-13-27(42-3)33(46-7)28(14-21)43-4)49-36(39)20-9-11-37(12-10-20)35(38)22-15-29(44-5)34(47-8)30(16-22)45-6/h13-18,20,31-32H,9-12,19H2,1-8H3/t31-,32-/m1/s1. The minimum atomic E-state index is -0.733. The van der Waals surface area contributed by atoms with Crippen molar-refractivity contribution >= 4 is 11.9 Å². The van der Waals surface area contributed by atoms with Crippen LogP contribution in [0.15, 0.2) is 36.4 Å². The lowest BCUT2D eigenvalue weighted by molar-refractivity contribution is -0.161. The Bertz CT molecular complexity index is 1620. The second kappa shape index (κ2) is 15.3. The number of piperidine rings is 1. The van der Waals surface area contributed by atoms with E-state index in [0.717, 1.165) is 5.56 Å². The second-order valence-electron chi connectivity index (χ2n) is 11.5. The van der Waals surface area contributed by atoms with Gasteiger partial charge in [0.15, 0.2) is 29.1 Å². The first-order valence-corrected chi connectivity index (χ1v) is 15.7. The number of carbonyl (C=O) groups excluding carboxylic acids is 2. The van der Waals surface area contributed by atoms with Crippen molar-refractivity contribution in [3.8, 4) is 51.7 Å². The number of carbonyl (C=O) groups is 2.